The van der Waals surface area contributed by atoms with Gasteiger partial charge in [0.1, 0.15) is 22.6 Å². The van der Waals surface area contributed by atoms with Gasteiger partial charge >= 0.3 is 23.9 Å². The Morgan fingerprint density at radius 2 is 0.917 bits per heavy atom. The van der Waals surface area contributed by atoms with Crippen LogP contribution in [-0.4, -0.2) is 35.4 Å². The van der Waals surface area contributed by atoms with E-state index in [0.717, 1.165) is 51.4 Å². The van der Waals surface area contributed by atoms with Gasteiger partial charge in [0.15, 0.2) is 11.6 Å². The van der Waals surface area contributed by atoms with Crippen molar-refractivity contribution in [2.75, 3.05) is 0 Å². The van der Waals surface area contributed by atoms with E-state index in [0.29, 0.717) is 38.5 Å². The van der Waals surface area contributed by atoms with E-state index in [1.165, 1.54) is 36.4 Å². The highest BCUT2D eigenvalue weighted by atomic mass is 17.2. The molecule has 2 aromatic rings. The summed E-state index contributed by atoms with van der Waals surface area (Å²) in [6.07, 6.45) is 12.9. The maximum absolute atomic E-state index is 13.3. The molecule has 2 fully saturated rings. The van der Waals surface area contributed by atoms with Crippen molar-refractivity contribution in [3.05, 3.63) is 58.7 Å². The number of hydrogen-bond acceptors (Lipinski definition) is 10. The van der Waals surface area contributed by atoms with Gasteiger partial charge in [-0.15, -0.1) is 0 Å². The Labute approximate surface area is 281 Å². The van der Waals surface area contributed by atoms with Crippen LogP contribution in [0, 0.1) is 11.8 Å². The molecule has 0 radical (unpaired) electrons. The number of esters is 2. The molecule has 0 heterocycles. The largest absolute Gasteiger partial charge is 0.425 e. The average molecular weight is 663 g/mol. The first kappa shape index (κ1) is 36.5. The topological polar surface area (TPSA) is 139 Å². The lowest BCUT2D eigenvalue weighted by atomic mass is 10.0. The normalized spacial score (nSPS) is 13.8. The van der Waals surface area contributed by atoms with Gasteiger partial charge in [0.05, 0.1) is 11.8 Å². The Bertz CT molecular complexity index is 1370. The van der Waals surface area contributed by atoms with Crippen LogP contribution in [0.25, 0.3) is 0 Å². The van der Waals surface area contributed by atoms with E-state index in [2.05, 4.69) is 13.8 Å². The van der Waals surface area contributed by atoms with Crippen LogP contribution in [0.1, 0.15) is 158 Å². The second-order valence-electron chi connectivity index (χ2n) is 12.7. The lowest BCUT2D eigenvalue weighted by molar-refractivity contribution is -0.187. The molecule has 0 aliphatic heterocycles. The summed E-state index contributed by atoms with van der Waals surface area (Å²) >= 11 is 0. The maximum atomic E-state index is 13.3. The first-order chi connectivity index (χ1) is 23.2. The van der Waals surface area contributed by atoms with Gasteiger partial charge in [-0.25, -0.2) is 19.4 Å². The molecule has 0 unspecified atom stereocenters. The van der Waals surface area contributed by atoms with E-state index in [9.17, 15) is 28.8 Å². The van der Waals surface area contributed by atoms with Crippen LogP contribution in [0.3, 0.4) is 0 Å². The Morgan fingerprint density at radius 3 is 1.27 bits per heavy atom. The third-order valence-electron chi connectivity index (χ3n) is 8.49. The molecule has 2 aliphatic carbocycles. The van der Waals surface area contributed by atoms with E-state index in [4.69, 9.17) is 19.2 Å². The first-order valence-electron chi connectivity index (χ1n) is 17.4. The van der Waals surface area contributed by atoms with Crippen molar-refractivity contribution in [2.45, 2.75) is 117 Å². The number of rotatable bonds is 20. The number of carbonyl (C=O) groups is 6. The van der Waals surface area contributed by atoms with Crippen molar-refractivity contribution in [3.8, 4) is 11.5 Å². The summed E-state index contributed by atoms with van der Waals surface area (Å²) in [5.74, 6) is -4.52. The molecule has 2 saturated carbocycles. The summed E-state index contributed by atoms with van der Waals surface area (Å²) in [5, 5.41) is 0. The van der Waals surface area contributed by atoms with Crippen molar-refractivity contribution in [2.24, 2.45) is 11.8 Å². The third kappa shape index (κ3) is 11.1. The van der Waals surface area contributed by atoms with Crippen molar-refractivity contribution in [3.63, 3.8) is 0 Å². The zero-order valence-corrected chi connectivity index (χ0v) is 28.0. The van der Waals surface area contributed by atoms with E-state index in [1.807, 2.05) is 0 Å². The quantitative estimate of drug-likeness (QED) is 0.0339. The van der Waals surface area contributed by atoms with Crippen LogP contribution >= 0.6 is 0 Å². The van der Waals surface area contributed by atoms with Gasteiger partial charge < -0.3 is 9.47 Å². The van der Waals surface area contributed by atoms with Gasteiger partial charge in [-0.05, 0) is 74.9 Å². The fraction of sp³-hybridized carbons (Fsp3) is 0.526. The van der Waals surface area contributed by atoms with Gasteiger partial charge in [-0.2, -0.15) is 0 Å². The van der Waals surface area contributed by atoms with Crippen molar-refractivity contribution < 1.29 is 48.0 Å². The van der Waals surface area contributed by atoms with Crippen molar-refractivity contribution in [1.82, 2.24) is 0 Å². The first-order valence-corrected chi connectivity index (χ1v) is 17.4. The second kappa shape index (κ2) is 18.3. The molecule has 0 atom stereocenters. The van der Waals surface area contributed by atoms with Gasteiger partial charge in [0, 0.05) is 24.0 Å². The summed E-state index contributed by atoms with van der Waals surface area (Å²) in [5.41, 5.74) is -0.0719. The number of ketones is 2. The number of hydrogen-bond donors (Lipinski definition) is 0. The van der Waals surface area contributed by atoms with Crippen LogP contribution in [0.4, 0.5) is 0 Å². The van der Waals surface area contributed by atoms with E-state index < -0.39 is 23.9 Å². The molecule has 10 nitrogen and oxygen atoms in total. The average Bonchev–Trinajstić information content (AvgIpc) is 4.00. The molecule has 258 valence electrons. The number of unbranched alkanes of at least 4 members (excludes halogenated alkanes) is 8. The molecule has 2 aromatic carbocycles. The van der Waals surface area contributed by atoms with E-state index in [-0.39, 0.29) is 70.0 Å². The van der Waals surface area contributed by atoms with E-state index >= 15 is 0 Å². The molecule has 0 aromatic heterocycles. The SMILES string of the molecule is CCCCCCCC(=O)c1ccc(OC(=O)C2CC2)c(C(=O)OOC(=O)c2cc(C(=O)CCCCCCC)ccc2OC(=O)C2CC2)c1. The highest BCUT2D eigenvalue weighted by Crippen LogP contribution is 2.34. The number of Topliss-reactive ketones (excluding diaryl/α,β-unsaturated/α-hetero) is 2. The van der Waals surface area contributed by atoms with Gasteiger partial charge in [-0.3, -0.25) is 19.2 Å². The molecule has 0 spiro atoms. The number of benzene rings is 2. The van der Waals surface area contributed by atoms with Crippen molar-refractivity contribution >= 4 is 35.4 Å². The summed E-state index contributed by atoms with van der Waals surface area (Å²) in [6, 6.07) is 8.22. The summed E-state index contributed by atoms with van der Waals surface area (Å²) in [6.45, 7) is 4.22. The number of ether oxygens (including phenoxy) is 2. The summed E-state index contributed by atoms with van der Waals surface area (Å²) < 4.78 is 10.9. The minimum Gasteiger partial charge on any atom is -0.425 e. The lowest BCUT2D eigenvalue weighted by Gasteiger charge is -2.12. The molecule has 0 amide bonds. The number of carbonyl (C=O) groups excluding carboxylic acids is 6. The van der Waals surface area contributed by atoms with Crippen LogP contribution in [0.5, 0.6) is 11.5 Å². The molecule has 0 N–H and O–H groups in total. The van der Waals surface area contributed by atoms with Crippen LogP contribution in [0.2, 0.25) is 0 Å². The maximum Gasteiger partial charge on any atom is 0.390 e. The van der Waals surface area contributed by atoms with Crippen molar-refractivity contribution in [1.29, 1.82) is 0 Å². The van der Waals surface area contributed by atoms with Crippen LogP contribution in [-0.2, 0) is 19.4 Å². The highest BCUT2D eigenvalue weighted by molar-refractivity contribution is 6.02. The minimum atomic E-state index is -1.17. The molecule has 4 rings (SSSR count). The van der Waals surface area contributed by atoms with E-state index in [1.54, 1.807) is 0 Å². The fourth-order valence-corrected chi connectivity index (χ4v) is 5.16. The fourth-order valence-electron chi connectivity index (χ4n) is 5.16. The molecule has 48 heavy (non-hydrogen) atoms. The lowest BCUT2D eigenvalue weighted by Crippen LogP contribution is -2.18. The molecule has 0 bridgehead atoms. The molecule has 2 aliphatic rings. The zero-order chi connectivity index (χ0) is 34.5. The van der Waals surface area contributed by atoms with Gasteiger partial charge in [0.2, 0.25) is 0 Å². The minimum absolute atomic E-state index is 0.127. The molecule has 0 saturated heterocycles. The Balaban J connectivity index is 1.48. The predicted octanol–water partition coefficient (Wildman–Crippen LogP) is 8.33. The monoisotopic (exact) mass is 662 g/mol. The standard InChI is InChI=1S/C38H46O10/c1-3-5-7-9-11-13-31(39)27-19-21-33(45-35(41)25-15-16-25)29(23-27)37(43)47-48-38(44)30-24-28(32(40)14-12-10-8-6-4-2)20-22-34(30)46-36(42)26-17-18-26/h19-26H,3-18H2,1-2H3. The smallest absolute Gasteiger partial charge is 0.390 e. The Hall–Kier alpha value is -4.34. The second-order valence-corrected chi connectivity index (χ2v) is 12.7. The molecular formula is C38H46O10. The van der Waals surface area contributed by atoms with Gasteiger partial charge in [0.25, 0.3) is 0 Å². The van der Waals surface area contributed by atoms with Gasteiger partial charge in [-0.1, -0.05) is 65.2 Å². The Morgan fingerprint density at radius 1 is 0.542 bits per heavy atom. The summed E-state index contributed by atoms with van der Waals surface area (Å²) in [7, 11) is 0. The molecule has 10 heteroatoms. The Kier molecular flexibility index (Phi) is 13.9. The zero-order valence-electron chi connectivity index (χ0n) is 28.0. The molecular weight excluding hydrogens is 616 g/mol. The predicted molar refractivity (Wildman–Crippen MR) is 176 cm³/mol. The van der Waals surface area contributed by atoms with Crippen LogP contribution < -0.4 is 9.47 Å². The van der Waals surface area contributed by atoms with Crippen LogP contribution in [0.15, 0.2) is 36.4 Å². The third-order valence-corrected chi connectivity index (χ3v) is 8.49. The summed E-state index contributed by atoms with van der Waals surface area (Å²) in [4.78, 5) is 87.0. The highest BCUT2D eigenvalue weighted by Gasteiger charge is 2.34.